The van der Waals surface area contributed by atoms with Gasteiger partial charge in [-0.2, -0.15) is 0 Å². The van der Waals surface area contributed by atoms with Gasteiger partial charge >= 0.3 is 6.09 Å². The van der Waals surface area contributed by atoms with Gasteiger partial charge in [0.1, 0.15) is 5.60 Å². The lowest BCUT2D eigenvalue weighted by molar-refractivity contribution is 0.0497. The van der Waals surface area contributed by atoms with Gasteiger partial charge in [-0.1, -0.05) is 0 Å². The average molecular weight is 269 g/mol. The van der Waals surface area contributed by atoms with Crippen LogP contribution in [0.1, 0.15) is 42.9 Å². The molecule has 1 aromatic rings. The van der Waals surface area contributed by atoms with Crippen molar-refractivity contribution in [2.45, 2.75) is 46.3 Å². The maximum absolute atomic E-state index is 12.1. The fraction of sp³-hybridized carbons (Fsp3) is 0.538. The molecule has 1 rings (SSSR count). The van der Waals surface area contributed by atoms with Crippen molar-refractivity contribution < 1.29 is 14.3 Å². The smallest absolute Gasteiger partial charge is 0.408 e. The van der Waals surface area contributed by atoms with Crippen LogP contribution >= 0.6 is 11.3 Å². The first kappa shape index (κ1) is 14.7. The van der Waals surface area contributed by atoms with E-state index in [2.05, 4.69) is 5.32 Å². The lowest BCUT2D eigenvalue weighted by Crippen LogP contribution is -2.41. The van der Waals surface area contributed by atoms with Crippen LogP contribution in [0, 0.1) is 6.92 Å². The Hall–Kier alpha value is -1.36. The first-order valence-electron chi connectivity index (χ1n) is 5.78. The Bertz CT molecular complexity index is 445. The predicted octanol–water partition coefficient (Wildman–Crippen LogP) is 3.15. The molecule has 0 aliphatic rings. The van der Waals surface area contributed by atoms with Crippen LogP contribution in [-0.2, 0) is 4.74 Å². The zero-order valence-corrected chi connectivity index (χ0v) is 12.2. The van der Waals surface area contributed by atoms with Crippen molar-refractivity contribution in [1.82, 2.24) is 5.32 Å². The van der Waals surface area contributed by atoms with E-state index in [1.165, 1.54) is 11.3 Å². The molecule has 0 radical (unpaired) electrons. The number of carbonyl (C=O) groups is 2. The summed E-state index contributed by atoms with van der Waals surface area (Å²) in [5.41, 5.74) is 0.369. The molecule has 0 aromatic carbocycles. The molecule has 1 unspecified atom stereocenters. The van der Waals surface area contributed by atoms with E-state index in [0.717, 1.165) is 5.56 Å². The van der Waals surface area contributed by atoms with Gasteiger partial charge in [-0.3, -0.25) is 4.79 Å². The monoisotopic (exact) mass is 269 g/mol. The Labute approximate surface area is 111 Å². The summed E-state index contributed by atoms with van der Waals surface area (Å²) in [5.74, 6) is -0.0895. The van der Waals surface area contributed by atoms with Crippen molar-refractivity contribution in [3.8, 4) is 0 Å². The number of Topliss-reactive ketones (excluding diaryl/α,β-unsaturated/α-hetero) is 1. The highest BCUT2D eigenvalue weighted by Gasteiger charge is 2.23. The van der Waals surface area contributed by atoms with E-state index in [1.807, 2.05) is 18.4 Å². The number of ether oxygens (including phenoxy) is 1. The van der Waals surface area contributed by atoms with E-state index in [-0.39, 0.29) is 5.78 Å². The molecule has 1 amide bonds. The third-order valence-corrected chi connectivity index (χ3v) is 3.24. The number of amides is 1. The fourth-order valence-electron chi connectivity index (χ4n) is 1.37. The quantitative estimate of drug-likeness (QED) is 0.858. The minimum atomic E-state index is -0.586. The van der Waals surface area contributed by atoms with Crippen LogP contribution in [0.25, 0.3) is 0 Å². The fourth-order valence-corrected chi connectivity index (χ4v) is 2.33. The first-order valence-corrected chi connectivity index (χ1v) is 6.66. The number of alkyl carbamates (subject to hydrolysis) is 1. The number of aryl methyl sites for hydroxylation is 1. The molecule has 1 N–H and O–H groups in total. The Balaban J connectivity index is 2.61. The van der Waals surface area contributed by atoms with Gasteiger partial charge in [-0.25, -0.2) is 4.79 Å². The van der Waals surface area contributed by atoms with Gasteiger partial charge in [-0.15, -0.1) is 11.3 Å². The third kappa shape index (κ3) is 4.14. The van der Waals surface area contributed by atoms with Gasteiger partial charge < -0.3 is 10.1 Å². The van der Waals surface area contributed by atoms with Gasteiger partial charge in [0.2, 0.25) is 0 Å². The predicted molar refractivity (Wildman–Crippen MR) is 72.2 cm³/mol. The maximum Gasteiger partial charge on any atom is 0.408 e. The van der Waals surface area contributed by atoms with Crippen LogP contribution < -0.4 is 5.32 Å². The second-order valence-electron chi connectivity index (χ2n) is 5.16. The summed E-state index contributed by atoms with van der Waals surface area (Å²) in [5, 5.41) is 4.41. The Morgan fingerprint density at radius 1 is 1.39 bits per heavy atom. The first-order chi connectivity index (χ1) is 8.20. The lowest BCUT2D eigenvalue weighted by Gasteiger charge is -2.21. The molecule has 0 aliphatic carbocycles. The van der Waals surface area contributed by atoms with E-state index in [4.69, 9.17) is 4.74 Å². The van der Waals surface area contributed by atoms with Gasteiger partial charge in [0.05, 0.1) is 10.9 Å². The minimum Gasteiger partial charge on any atom is -0.444 e. The van der Waals surface area contributed by atoms with Crippen molar-refractivity contribution in [2.24, 2.45) is 0 Å². The molecule has 1 atom stereocenters. The zero-order valence-electron chi connectivity index (χ0n) is 11.4. The zero-order chi connectivity index (χ0) is 13.9. The summed E-state index contributed by atoms with van der Waals surface area (Å²) in [7, 11) is 0. The van der Waals surface area contributed by atoms with Crippen molar-refractivity contribution >= 4 is 23.2 Å². The molecule has 1 heterocycles. The summed E-state index contributed by atoms with van der Waals surface area (Å²) in [4.78, 5) is 24.3. The van der Waals surface area contributed by atoms with Crippen molar-refractivity contribution in [3.63, 3.8) is 0 Å². The van der Waals surface area contributed by atoms with E-state index < -0.39 is 17.7 Å². The summed E-state index contributed by atoms with van der Waals surface area (Å²) in [6.45, 7) is 8.88. The highest BCUT2D eigenvalue weighted by molar-refractivity contribution is 7.12. The second-order valence-corrected chi connectivity index (χ2v) is 6.08. The molecule has 0 saturated heterocycles. The molecule has 5 heteroatoms. The van der Waals surface area contributed by atoms with Gasteiger partial charge in [0, 0.05) is 0 Å². The Kier molecular flexibility index (Phi) is 4.51. The molecule has 18 heavy (non-hydrogen) atoms. The second kappa shape index (κ2) is 5.52. The standard InChI is InChI=1S/C13H19NO3S/c1-8-6-7-18-11(8)10(15)9(2)14-12(16)17-13(3,4)5/h6-7,9H,1-5H3,(H,14,16). The van der Waals surface area contributed by atoms with Gasteiger partial charge in [0.25, 0.3) is 0 Å². The molecule has 4 nitrogen and oxygen atoms in total. The number of hydrogen-bond donors (Lipinski definition) is 1. The van der Waals surface area contributed by atoms with Gasteiger partial charge in [0.15, 0.2) is 5.78 Å². The summed E-state index contributed by atoms with van der Waals surface area (Å²) >= 11 is 1.38. The number of rotatable bonds is 3. The van der Waals surface area contributed by atoms with Crippen LogP contribution in [0.4, 0.5) is 4.79 Å². The summed E-state index contributed by atoms with van der Waals surface area (Å²) < 4.78 is 5.11. The maximum atomic E-state index is 12.1. The molecular formula is C13H19NO3S. The number of ketones is 1. The largest absolute Gasteiger partial charge is 0.444 e. The Morgan fingerprint density at radius 3 is 2.44 bits per heavy atom. The molecule has 0 spiro atoms. The van der Waals surface area contributed by atoms with Crippen LogP contribution in [0.5, 0.6) is 0 Å². The van der Waals surface area contributed by atoms with E-state index in [1.54, 1.807) is 27.7 Å². The van der Waals surface area contributed by atoms with Crippen LogP contribution in [-0.4, -0.2) is 23.5 Å². The van der Waals surface area contributed by atoms with Crippen LogP contribution in [0.3, 0.4) is 0 Å². The van der Waals surface area contributed by atoms with Crippen molar-refractivity contribution in [2.75, 3.05) is 0 Å². The van der Waals surface area contributed by atoms with Crippen LogP contribution in [0.2, 0.25) is 0 Å². The molecular weight excluding hydrogens is 250 g/mol. The lowest BCUT2D eigenvalue weighted by atomic mass is 10.1. The molecule has 0 bridgehead atoms. The highest BCUT2D eigenvalue weighted by atomic mass is 32.1. The highest BCUT2D eigenvalue weighted by Crippen LogP contribution is 2.17. The van der Waals surface area contributed by atoms with Crippen molar-refractivity contribution in [1.29, 1.82) is 0 Å². The summed E-state index contributed by atoms with van der Waals surface area (Å²) in [6.07, 6.45) is -0.572. The molecule has 1 aromatic heterocycles. The van der Waals surface area contributed by atoms with Gasteiger partial charge in [-0.05, 0) is 51.6 Å². The number of hydrogen-bond acceptors (Lipinski definition) is 4. The van der Waals surface area contributed by atoms with E-state index in [0.29, 0.717) is 4.88 Å². The molecule has 0 fully saturated rings. The topological polar surface area (TPSA) is 55.4 Å². The van der Waals surface area contributed by atoms with E-state index >= 15 is 0 Å². The third-order valence-electron chi connectivity index (χ3n) is 2.21. The number of thiophene rings is 1. The number of carbonyl (C=O) groups excluding carboxylic acids is 2. The summed E-state index contributed by atoms with van der Waals surface area (Å²) in [6, 6.07) is 1.30. The molecule has 0 aliphatic heterocycles. The minimum absolute atomic E-state index is 0.0895. The molecule has 100 valence electrons. The van der Waals surface area contributed by atoms with Crippen LogP contribution in [0.15, 0.2) is 11.4 Å². The number of nitrogens with one attached hydrogen (secondary N) is 1. The SMILES string of the molecule is Cc1ccsc1C(=O)C(C)NC(=O)OC(C)(C)C. The molecule has 0 saturated carbocycles. The van der Waals surface area contributed by atoms with Crippen molar-refractivity contribution in [3.05, 3.63) is 21.9 Å². The normalized spacial score (nSPS) is 12.9. The Morgan fingerprint density at radius 2 is 2.00 bits per heavy atom. The van der Waals surface area contributed by atoms with E-state index in [9.17, 15) is 9.59 Å². The average Bonchev–Trinajstić information content (AvgIpc) is 2.60.